The number of hydrogen-bond acceptors (Lipinski definition) is 3. The minimum atomic E-state index is -0.0133. The first-order valence-corrected chi connectivity index (χ1v) is 6.07. The van der Waals surface area contributed by atoms with E-state index in [0.29, 0.717) is 0 Å². The molecule has 1 aromatic rings. The smallest absolute Gasteiger partial charge is 0.102 e. The van der Waals surface area contributed by atoms with E-state index in [1.165, 1.54) is 22.5 Å². The molecule has 86 valence electrons. The Morgan fingerprint density at radius 3 is 1.94 bits per heavy atom. The van der Waals surface area contributed by atoms with Crippen LogP contribution in [0.25, 0.3) is 0 Å². The molecule has 0 radical (unpaired) electrons. The first-order valence-electron chi connectivity index (χ1n) is 6.07. The number of benzene rings is 1. The van der Waals surface area contributed by atoms with E-state index in [1.807, 2.05) is 0 Å². The molecule has 0 spiro atoms. The van der Waals surface area contributed by atoms with E-state index in [0.717, 1.165) is 25.9 Å². The first-order chi connectivity index (χ1) is 7.64. The van der Waals surface area contributed by atoms with Gasteiger partial charge in [0.2, 0.25) is 0 Å². The Labute approximate surface area is 96.6 Å². The molecule has 0 aromatic heterocycles. The monoisotopic (exact) mass is 217 g/mol. The molecule has 0 aliphatic carbocycles. The molecule has 0 saturated heterocycles. The summed E-state index contributed by atoms with van der Waals surface area (Å²) in [4.78, 5) is 0. The molecule has 3 heteroatoms. The van der Waals surface area contributed by atoms with Crippen molar-refractivity contribution < 1.29 is 0 Å². The zero-order valence-electron chi connectivity index (χ0n) is 9.98. The van der Waals surface area contributed by atoms with Gasteiger partial charge in [-0.3, -0.25) is 0 Å². The maximum Gasteiger partial charge on any atom is 0.102 e. The molecule has 3 nitrogen and oxygen atoms in total. The minimum Gasteiger partial charge on any atom is -0.362 e. The summed E-state index contributed by atoms with van der Waals surface area (Å²) in [5.41, 5.74) is 5.49. The molecule has 0 saturated carbocycles. The molecular formula is C13H19N3. The summed E-state index contributed by atoms with van der Waals surface area (Å²) in [6.45, 7) is 6.53. The number of anilines is 2. The van der Waals surface area contributed by atoms with Gasteiger partial charge < -0.3 is 16.0 Å². The molecule has 16 heavy (non-hydrogen) atoms. The third-order valence-electron chi connectivity index (χ3n) is 3.38. The Morgan fingerprint density at radius 1 is 0.938 bits per heavy atom. The van der Waals surface area contributed by atoms with Gasteiger partial charge in [-0.15, -0.1) is 0 Å². The van der Waals surface area contributed by atoms with Gasteiger partial charge in [-0.2, -0.15) is 0 Å². The van der Waals surface area contributed by atoms with E-state index in [2.05, 4.69) is 41.9 Å². The summed E-state index contributed by atoms with van der Waals surface area (Å²) in [5, 5.41) is 10.5. The number of nitrogens with one attached hydrogen (secondary N) is 3. The van der Waals surface area contributed by atoms with Gasteiger partial charge in [-0.05, 0) is 63.0 Å². The molecule has 0 unspecified atom stereocenters. The number of rotatable bonds is 0. The predicted molar refractivity (Wildman–Crippen MR) is 68.0 cm³/mol. The van der Waals surface area contributed by atoms with Crippen molar-refractivity contribution in [3.8, 4) is 0 Å². The van der Waals surface area contributed by atoms with Gasteiger partial charge in [0.1, 0.15) is 5.66 Å². The van der Waals surface area contributed by atoms with Crippen molar-refractivity contribution in [2.24, 2.45) is 0 Å². The molecule has 2 heterocycles. The molecule has 1 aromatic carbocycles. The van der Waals surface area contributed by atoms with E-state index in [4.69, 9.17) is 0 Å². The highest BCUT2D eigenvalue weighted by Crippen LogP contribution is 2.36. The van der Waals surface area contributed by atoms with Crippen LogP contribution in [0.1, 0.15) is 25.0 Å². The standard InChI is InChI=1S/C13H19N3/c1-13(2)15-11-7-9-3-5-14-6-4-10(9)8-12(11)16-13/h7-8,14-16H,3-6H2,1-2H3. The fourth-order valence-electron chi connectivity index (χ4n) is 2.64. The lowest BCUT2D eigenvalue weighted by molar-refractivity contribution is 0.674. The maximum absolute atomic E-state index is 3.51. The second-order valence-electron chi connectivity index (χ2n) is 5.29. The van der Waals surface area contributed by atoms with E-state index in [1.54, 1.807) is 0 Å². The summed E-state index contributed by atoms with van der Waals surface area (Å²) >= 11 is 0. The zero-order valence-corrected chi connectivity index (χ0v) is 9.98. The topological polar surface area (TPSA) is 36.1 Å². The zero-order chi connectivity index (χ0) is 11.2. The van der Waals surface area contributed by atoms with Crippen molar-refractivity contribution in [2.75, 3.05) is 23.7 Å². The van der Waals surface area contributed by atoms with Gasteiger partial charge in [0, 0.05) is 0 Å². The van der Waals surface area contributed by atoms with E-state index in [9.17, 15) is 0 Å². The molecule has 0 amide bonds. The lowest BCUT2D eigenvalue weighted by Crippen LogP contribution is -2.33. The largest absolute Gasteiger partial charge is 0.362 e. The Kier molecular flexibility index (Phi) is 2.11. The molecule has 0 bridgehead atoms. The first kappa shape index (κ1) is 9.97. The van der Waals surface area contributed by atoms with Crippen LogP contribution in [0, 0.1) is 0 Å². The molecule has 2 aliphatic heterocycles. The van der Waals surface area contributed by atoms with E-state index < -0.39 is 0 Å². The molecule has 0 atom stereocenters. The van der Waals surface area contributed by atoms with Crippen LogP contribution < -0.4 is 16.0 Å². The van der Waals surface area contributed by atoms with Crippen molar-refractivity contribution in [3.63, 3.8) is 0 Å². The Hall–Kier alpha value is -1.22. The summed E-state index contributed by atoms with van der Waals surface area (Å²) < 4.78 is 0. The Balaban J connectivity index is 2.01. The van der Waals surface area contributed by atoms with Crippen LogP contribution in [0.2, 0.25) is 0 Å². The van der Waals surface area contributed by atoms with Gasteiger partial charge in [0.25, 0.3) is 0 Å². The SMILES string of the molecule is CC1(C)Nc2cc3c(cc2N1)CCNCC3. The highest BCUT2D eigenvalue weighted by Gasteiger charge is 2.27. The lowest BCUT2D eigenvalue weighted by Gasteiger charge is -2.19. The highest BCUT2D eigenvalue weighted by molar-refractivity contribution is 5.77. The van der Waals surface area contributed by atoms with Gasteiger partial charge in [-0.25, -0.2) is 0 Å². The summed E-state index contributed by atoms with van der Waals surface area (Å²) in [5.74, 6) is 0. The van der Waals surface area contributed by atoms with Crippen LogP contribution in [-0.2, 0) is 12.8 Å². The van der Waals surface area contributed by atoms with Gasteiger partial charge in [0.05, 0.1) is 11.4 Å². The third-order valence-corrected chi connectivity index (χ3v) is 3.38. The normalized spacial score (nSPS) is 21.4. The van der Waals surface area contributed by atoms with Crippen LogP contribution >= 0.6 is 0 Å². The van der Waals surface area contributed by atoms with Gasteiger partial charge >= 0.3 is 0 Å². The van der Waals surface area contributed by atoms with Crippen LogP contribution in [0.15, 0.2) is 12.1 Å². The lowest BCUT2D eigenvalue weighted by atomic mass is 10.0. The average Bonchev–Trinajstić information content (AvgIpc) is 2.39. The van der Waals surface area contributed by atoms with Gasteiger partial charge in [0.15, 0.2) is 0 Å². The third kappa shape index (κ3) is 1.65. The molecule has 0 fully saturated rings. The predicted octanol–water partition coefficient (Wildman–Crippen LogP) is 1.95. The van der Waals surface area contributed by atoms with Crippen molar-refractivity contribution >= 4 is 11.4 Å². The minimum absolute atomic E-state index is 0.0133. The molecule has 3 N–H and O–H groups in total. The second kappa shape index (κ2) is 3.39. The summed E-state index contributed by atoms with van der Waals surface area (Å²) in [7, 11) is 0. The summed E-state index contributed by atoms with van der Waals surface area (Å²) in [6.07, 6.45) is 2.29. The fraction of sp³-hybridized carbons (Fsp3) is 0.538. The van der Waals surface area contributed by atoms with Crippen LogP contribution in [-0.4, -0.2) is 18.8 Å². The highest BCUT2D eigenvalue weighted by atomic mass is 15.2. The van der Waals surface area contributed by atoms with E-state index >= 15 is 0 Å². The second-order valence-corrected chi connectivity index (χ2v) is 5.29. The molecule has 2 aliphatic rings. The number of hydrogen-bond donors (Lipinski definition) is 3. The van der Waals surface area contributed by atoms with Crippen molar-refractivity contribution in [2.45, 2.75) is 32.4 Å². The van der Waals surface area contributed by atoms with Crippen LogP contribution in [0.5, 0.6) is 0 Å². The van der Waals surface area contributed by atoms with Gasteiger partial charge in [-0.1, -0.05) is 0 Å². The maximum atomic E-state index is 3.51. The molecule has 3 rings (SSSR count). The fourth-order valence-corrected chi connectivity index (χ4v) is 2.64. The number of fused-ring (bicyclic) bond motifs is 2. The molecular weight excluding hydrogens is 198 g/mol. The van der Waals surface area contributed by atoms with Crippen molar-refractivity contribution in [3.05, 3.63) is 23.3 Å². The Morgan fingerprint density at radius 2 is 1.44 bits per heavy atom. The van der Waals surface area contributed by atoms with Crippen molar-refractivity contribution in [1.82, 2.24) is 5.32 Å². The van der Waals surface area contributed by atoms with Crippen LogP contribution in [0.3, 0.4) is 0 Å². The van der Waals surface area contributed by atoms with Crippen molar-refractivity contribution in [1.29, 1.82) is 0 Å². The van der Waals surface area contributed by atoms with E-state index in [-0.39, 0.29) is 5.66 Å². The quantitative estimate of drug-likeness (QED) is 0.621. The summed E-state index contributed by atoms with van der Waals surface area (Å²) in [6, 6.07) is 4.64. The Bertz CT molecular complexity index is 386. The average molecular weight is 217 g/mol. The van der Waals surface area contributed by atoms with Crippen LogP contribution in [0.4, 0.5) is 11.4 Å².